The van der Waals surface area contributed by atoms with Gasteiger partial charge in [-0.25, -0.2) is 0 Å². The first-order valence-electron chi connectivity index (χ1n) is 9.60. The van der Waals surface area contributed by atoms with E-state index in [1.54, 1.807) is 0 Å². The van der Waals surface area contributed by atoms with E-state index in [1.807, 2.05) is 36.4 Å². The molecule has 144 valence electrons. The van der Waals surface area contributed by atoms with Crippen LogP contribution in [0, 0.1) is 0 Å². The van der Waals surface area contributed by atoms with Gasteiger partial charge >= 0.3 is 0 Å². The molecule has 2 atom stereocenters. The second-order valence-corrected chi connectivity index (χ2v) is 7.33. The molecule has 1 amide bonds. The van der Waals surface area contributed by atoms with Gasteiger partial charge in [0.05, 0.1) is 13.0 Å². The minimum atomic E-state index is 0. The minimum Gasteiger partial charge on any atom is -0.492 e. The predicted octanol–water partition coefficient (Wildman–Crippen LogP) is 3.94. The summed E-state index contributed by atoms with van der Waals surface area (Å²) in [5, 5.41) is 6.80. The standard InChI is InChI=1S/C22H26N2O2.ClH/c25-22(24-19-14-17-10-11-18(15-19)23-17)12-13-26-21-9-5-4-8-20(21)16-6-2-1-3-7-16;/h1-9,17-19,23H,10-15H2,(H,24,25);1H. The molecule has 2 aromatic carbocycles. The number of nitrogens with one attached hydrogen (secondary N) is 2. The molecular weight excluding hydrogens is 360 g/mol. The van der Waals surface area contributed by atoms with Gasteiger partial charge in [0.2, 0.25) is 5.91 Å². The third-order valence-electron chi connectivity index (χ3n) is 5.40. The second-order valence-electron chi connectivity index (χ2n) is 7.33. The van der Waals surface area contributed by atoms with Crippen molar-refractivity contribution in [3.05, 3.63) is 54.6 Å². The lowest BCUT2D eigenvalue weighted by Gasteiger charge is -2.29. The maximum atomic E-state index is 12.3. The molecule has 2 bridgehead atoms. The highest BCUT2D eigenvalue weighted by Crippen LogP contribution is 2.30. The van der Waals surface area contributed by atoms with Crippen LogP contribution in [0.25, 0.3) is 11.1 Å². The van der Waals surface area contributed by atoms with Crippen molar-refractivity contribution in [3.63, 3.8) is 0 Å². The third-order valence-corrected chi connectivity index (χ3v) is 5.40. The van der Waals surface area contributed by atoms with Gasteiger partial charge in [0.25, 0.3) is 0 Å². The van der Waals surface area contributed by atoms with E-state index in [2.05, 4.69) is 28.8 Å². The molecule has 0 saturated carbocycles. The van der Waals surface area contributed by atoms with Gasteiger partial charge in [-0.15, -0.1) is 12.4 Å². The number of carbonyl (C=O) groups is 1. The molecule has 2 unspecified atom stereocenters. The second kappa shape index (κ2) is 9.25. The summed E-state index contributed by atoms with van der Waals surface area (Å²) in [5.74, 6) is 0.917. The van der Waals surface area contributed by atoms with Crippen LogP contribution in [0.1, 0.15) is 32.1 Å². The number of rotatable bonds is 6. The molecule has 2 aromatic rings. The van der Waals surface area contributed by atoms with E-state index < -0.39 is 0 Å². The summed E-state index contributed by atoms with van der Waals surface area (Å²) in [6.45, 7) is 0.396. The number of benzene rings is 2. The van der Waals surface area contributed by atoms with Crippen molar-refractivity contribution in [2.45, 2.75) is 50.2 Å². The summed E-state index contributed by atoms with van der Waals surface area (Å²) in [6, 6.07) is 19.7. The molecule has 0 spiro atoms. The summed E-state index contributed by atoms with van der Waals surface area (Å²) in [6.07, 6.45) is 5.00. The number of ether oxygens (including phenoxy) is 1. The Morgan fingerprint density at radius 3 is 2.41 bits per heavy atom. The Labute approximate surface area is 167 Å². The van der Waals surface area contributed by atoms with Gasteiger partial charge in [0.15, 0.2) is 0 Å². The smallest absolute Gasteiger partial charge is 0.223 e. The normalized spacial score (nSPS) is 23.3. The Kier molecular flexibility index (Phi) is 6.75. The molecule has 4 nitrogen and oxygen atoms in total. The fraction of sp³-hybridized carbons (Fsp3) is 0.409. The van der Waals surface area contributed by atoms with E-state index in [0.29, 0.717) is 31.2 Å². The van der Waals surface area contributed by atoms with Crippen LogP contribution in [0.3, 0.4) is 0 Å². The van der Waals surface area contributed by atoms with Crippen molar-refractivity contribution in [1.82, 2.24) is 10.6 Å². The van der Waals surface area contributed by atoms with E-state index in [0.717, 1.165) is 29.7 Å². The lowest BCUT2D eigenvalue weighted by atomic mass is 10.00. The van der Waals surface area contributed by atoms with Crippen LogP contribution in [-0.2, 0) is 4.79 Å². The number of halogens is 1. The molecule has 5 heteroatoms. The van der Waals surface area contributed by atoms with Crippen LogP contribution in [0.2, 0.25) is 0 Å². The largest absolute Gasteiger partial charge is 0.492 e. The molecule has 2 N–H and O–H groups in total. The summed E-state index contributed by atoms with van der Waals surface area (Å²) in [5.41, 5.74) is 2.18. The molecular formula is C22H27ClN2O2. The summed E-state index contributed by atoms with van der Waals surface area (Å²) < 4.78 is 5.93. The lowest BCUT2D eigenvalue weighted by molar-refractivity contribution is -0.122. The molecule has 2 aliphatic rings. The Hall–Kier alpha value is -2.04. The molecule has 2 fully saturated rings. The number of piperidine rings is 1. The van der Waals surface area contributed by atoms with Gasteiger partial charge in [0.1, 0.15) is 5.75 Å². The topological polar surface area (TPSA) is 50.4 Å². The predicted molar refractivity (Wildman–Crippen MR) is 110 cm³/mol. The van der Waals surface area contributed by atoms with Crippen LogP contribution in [0.4, 0.5) is 0 Å². The summed E-state index contributed by atoms with van der Waals surface area (Å²) in [4.78, 5) is 12.3. The molecule has 4 rings (SSSR count). The fourth-order valence-corrected chi connectivity index (χ4v) is 4.18. The first-order valence-corrected chi connectivity index (χ1v) is 9.60. The van der Waals surface area contributed by atoms with Crippen molar-refractivity contribution in [2.24, 2.45) is 0 Å². The van der Waals surface area contributed by atoms with E-state index in [4.69, 9.17) is 4.74 Å². The van der Waals surface area contributed by atoms with Crippen LogP contribution < -0.4 is 15.4 Å². The molecule has 2 aliphatic heterocycles. The van der Waals surface area contributed by atoms with Gasteiger partial charge in [-0.1, -0.05) is 48.5 Å². The molecule has 0 aliphatic carbocycles. The average molecular weight is 387 g/mol. The molecule has 0 radical (unpaired) electrons. The van der Waals surface area contributed by atoms with Gasteiger partial charge in [-0.3, -0.25) is 4.79 Å². The van der Waals surface area contributed by atoms with Crippen LogP contribution in [0.15, 0.2) is 54.6 Å². The Bertz CT molecular complexity index is 741. The number of amides is 1. The first-order chi connectivity index (χ1) is 12.8. The van der Waals surface area contributed by atoms with Gasteiger partial charge in [0, 0.05) is 23.7 Å². The highest BCUT2D eigenvalue weighted by Gasteiger charge is 2.33. The van der Waals surface area contributed by atoms with Crippen molar-refractivity contribution in [3.8, 4) is 16.9 Å². The van der Waals surface area contributed by atoms with E-state index >= 15 is 0 Å². The lowest BCUT2D eigenvalue weighted by Crippen LogP contribution is -2.48. The van der Waals surface area contributed by atoms with Gasteiger partial charge < -0.3 is 15.4 Å². The van der Waals surface area contributed by atoms with Crippen LogP contribution >= 0.6 is 12.4 Å². The summed E-state index contributed by atoms with van der Waals surface area (Å²) in [7, 11) is 0. The number of hydrogen-bond donors (Lipinski definition) is 2. The van der Waals surface area contributed by atoms with E-state index in [-0.39, 0.29) is 18.3 Å². The Morgan fingerprint density at radius 1 is 1.00 bits per heavy atom. The van der Waals surface area contributed by atoms with Crippen LogP contribution in [0.5, 0.6) is 5.75 Å². The minimum absolute atomic E-state index is 0. The third kappa shape index (κ3) is 5.02. The highest BCUT2D eigenvalue weighted by atomic mass is 35.5. The van der Waals surface area contributed by atoms with Crippen molar-refractivity contribution < 1.29 is 9.53 Å². The summed E-state index contributed by atoms with van der Waals surface area (Å²) >= 11 is 0. The van der Waals surface area contributed by atoms with Gasteiger partial charge in [-0.2, -0.15) is 0 Å². The van der Waals surface area contributed by atoms with Crippen molar-refractivity contribution >= 4 is 18.3 Å². The molecule has 2 heterocycles. The number of carbonyl (C=O) groups excluding carboxylic acids is 1. The number of fused-ring (bicyclic) bond motifs is 2. The monoisotopic (exact) mass is 386 g/mol. The maximum absolute atomic E-state index is 12.3. The molecule has 2 saturated heterocycles. The zero-order valence-electron chi connectivity index (χ0n) is 15.4. The molecule has 27 heavy (non-hydrogen) atoms. The first kappa shape index (κ1) is 19.7. The highest BCUT2D eigenvalue weighted by molar-refractivity contribution is 5.85. The zero-order valence-corrected chi connectivity index (χ0v) is 16.2. The number of para-hydroxylation sites is 1. The van der Waals surface area contributed by atoms with E-state index in [9.17, 15) is 4.79 Å². The fourth-order valence-electron chi connectivity index (χ4n) is 4.18. The molecule has 0 aromatic heterocycles. The Balaban J connectivity index is 0.00000210. The van der Waals surface area contributed by atoms with E-state index in [1.165, 1.54) is 12.8 Å². The zero-order chi connectivity index (χ0) is 17.8. The van der Waals surface area contributed by atoms with Crippen molar-refractivity contribution in [1.29, 1.82) is 0 Å². The Morgan fingerprint density at radius 2 is 1.67 bits per heavy atom. The number of hydrogen-bond acceptors (Lipinski definition) is 3. The average Bonchev–Trinajstić information content (AvgIpc) is 3.01. The quantitative estimate of drug-likeness (QED) is 0.790. The van der Waals surface area contributed by atoms with Crippen molar-refractivity contribution in [2.75, 3.05) is 6.61 Å². The van der Waals surface area contributed by atoms with Crippen LogP contribution in [-0.4, -0.2) is 30.6 Å². The SMILES string of the molecule is Cl.O=C(CCOc1ccccc1-c1ccccc1)NC1CC2CCC(C1)N2. The van der Waals surface area contributed by atoms with Gasteiger partial charge in [-0.05, 0) is 37.3 Å². The maximum Gasteiger partial charge on any atom is 0.223 e.